The smallest absolute Gasteiger partial charge is 0.134 e. The maximum Gasteiger partial charge on any atom is 0.134 e. The summed E-state index contributed by atoms with van der Waals surface area (Å²) in [4.78, 5) is 0. The van der Waals surface area contributed by atoms with Crippen molar-refractivity contribution in [1.29, 1.82) is 0 Å². The molecule has 0 radical (unpaired) electrons. The summed E-state index contributed by atoms with van der Waals surface area (Å²) in [7, 11) is 1.69. The standard InChI is InChI=1S/C16H23NO2/c1-5-8-17-10-15-16(11(2)3)13-9-12(18-4)6-7-14(13)19-15/h6-7,9,11,17H,5,8,10H2,1-4H3. The molecule has 0 bridgehead atoms. The molecule has 0 aliphatic heterocycles. The van der Waals surface area contributed by atoms with Gasteiger partial charge in [-0.1, -0.05) is 20.8 Å². The summed E-state index contributed by atoms with van der Waals surface area (Å²) in [6, 6.07) is 6.00. The van der Waals surface area contributed by atoms with E-state index in [1.165, 1.54) is 10.9 Å². The Hall–Kier alpha value is -1.48. The van der Waals surface area contributed by atoms with E-state index < -0.39 is 0 Å². The maximum absolute atomic E-state index is 5.99. The number of fused-ring (bicyclic) bond motifs is 1. The molecule has 1 heterocycles. The highest BCUT2D eigenvalue weighted by Crippen LogP contribution is 2.34. The van der Waals surface area contributed by atoms with Crippen LogP contribution in [0.25, 0.3) is 11.0 Å². The Kier molecular flexibility index (Phi) is 4.48. The molecule has 3 nitrogen and oxygen atoms in total. The Morgan fingerprint density at radius 3 is 2.74 bits per heavy atom. The lowest BCUT2D eigenvalue weighted by atomic mass is 9.99. The number of hydrogen-bond donors (Lipinski definition) is 1. The molecule has 0 atom stereocenters. The molecule has 19 heavy (non-hydrogen) atoms. The molecule has 0 aliphatic rings. The Labute approximate surface area is 114 Å². The predicted octanol–water partition coefficient (Wildman–Crippen LogP) is 4.06. The summed E-state index contributed by atoms with van der Waals surface area (Å²) in [5, 5.41) is 4.58. The molecule has 0 unspecified atom stereocenters. The highest BCUT2D eigenvalue weighted by molar-refractivity contribution is 5.84. The van der Waals surface area contributed by atoms with Crippen LogP contribution >= 0.6 is 0 Å². The minimum absolute atomic E-state index is 0.437. The van der Waals surface area contributed by atoms with Crippen molar-refractivity contribution in [2.24, 2.45) is 0 Å². The van der Waals surface area contributed by atoms with Gasteiger partial charge in [0.25, 0.3) is 0 Å². The SMILES string of the molecule is CCCNCc1oc2ccc(OC)cc2c1C(C)C. The molecule has 1 aromatic carbocycles. The highest BCUT2D eigenvalue weighted by Gasteiger charge is 2.17. The summed E-state index contributed by atoms with van der Waals surface area (Å²) in [5.74, 6) is 2.36. The number of rotatable bonds is 6. The van der Waals surface area contributed by atoms with Crippen LogP contribution in [0, 0.1) is 0 Å². The van der Waals surface area contributed by atoms with E-state index in [9.17, 15) is 0 Å². The first kappa shape index (κ1) is 13.9. The van der Waals surface area contributed by atoms with Crippen molar-refractivity contribution in [3.8, 4) is 5.75 Å². The van der Waals surface area contributed by atoms with Crippen molar-refractivity contribution < 1.29 is 9.15 Å². The van der Waals surface area contributed by atoms with Gasteiger partial charge in [-0.25, -0.2) is 0 Å². The van der Waals surface area contributed by atoms with Gasteiger partial charge >= 0.3 is 0 Å². The van der Waals surface area contributed by atoms with Gasteiger partial charge < -0.3 is 14.5 Å². The van der Waals surface area contributed by atoms with Crippen LogP contribution < -0.4 is 10.1 Å². The lowest BCUT2D eigenvalue weighted by molar-refractivity contribution is 0.415. The fraction of sp³-hybridized carbons (Fsp3) is 0.500. The highest BCUT2D eigenvalue weighted by atomic mass is 16.5. The average molecular weight is 261 g/mol. The molecule has 2 rings (SSSR count). The van der Waals surface area contributed by atoms with Gasteiger partial charge in [0.15, 0.2) is 0 Å². The maximum atomic E-state index is 5.99. The van der Waals surface area contributed by atoms with Gasteiger partial charge in [-0.15, -0.1) is 0 Å². The van der Waals surface area contributed by atoms with Crippen LogP contribution in [0.15, 0.2) is 22.6 Å². The number of furan rings is 1. The van der Waals surface area contributed by atoms with E-state index in [0.717, 1.165) is 36.6 Å². The van der Waals surface area contributed by atoms with E-state index in [1.54, 1.807) is 7.11 Å². The van der Waals surface area contributed by atoms with Gasteiger partial charge in [0.1, 0.15) is 17.1 Å². The zero-order chi connectivity index (χ0) is 13.8. The van der Waals surface area contributed by atoms with E-state index in [1.807, 2.05) is 12.1 Å². The molecule has 0 saturated heterocycles. The van der Waals surface area contributed by atoms with E-state index in [-0.39, 0.29) is 0 Å². The van der Waals surface area contributed by atoms with Crippen LogP contribution in [0.3, 0.4) is 0 Å². The molecule has 104 valence electrons. The summed E-state index contributed by atoms with van der Waals surface area (Å²) >= 11 is 0. The minimum atomic E-state index is 0.437. The van der Waals surface area contributed by atoms with Crippen molar-refractivity contribution in [2.45, 2.75) is 39.7 Å². The summed E-state index contributed by atoms with van der Waals surface area (Å²) < 4.78 is 11.3. The van der Waals surface area contributed by atoms with Crippen molar-refractivity contribution in [3.05, 3.63) is 29.5 Å². The second-order valence-electron chi connectivity index (χ2n) is 5.13. The van der Waals surface area contributed by atoms with Crippen LogP contribution in [0.2, 0.25) is 0 Å². The first-order chi connectivity index (χ1) is 9.17. The summed E-state index contributed by atoms with van der Waals surface area (Å²) in [6.45, 7) is 8.37. The van der Waals surface area contributed by atoms with Gasteiger partial charge in [-0.2, -0.15) is 0 Å². The molecular weight excluding hydrogens is 238 g/mol. The molecule has 1 N–H and O–H groups in total. The first-order valence-electron chi connectivity index (χ1n) is 6.97. The molecule has 0 amide bonds. The van der Waals surface area contributed by atoms with Gasteiger partial charge in [-0.3, -0.25) is 0 Å². The summed E-state index contributed by atoms with van der Waals surface area (Å²) in [5.41, 5.74) is 2.23. The molecule has 2 aromatic rings. The van der Waals surface area contributed by atoms with E-state index in [4.69, 9.17) is 9.15 Å². The normalized spacial score (nSPS) is 11.4. The molecule has 3 heteroatoms. The molecular formula is C16H23NO2. The van der Waals surface area contributed by atoms with Crippen molar-refractivity contribution >= 4 is 11.0 Å². The number of methoxy groups -OCH3 is 1. The van der Waals surface area contributed by atoms with Gasteiger partial charge in [-0.05, 0) is 37.1 Å². The number of benzene rings is 1. The van der Waals surface area contributed by atoms with Crippen molar-refractivity contribution in [3.63, 3.8) is 0 Å². The topological polar surface area (TPSA) is 34.4 Å². The van der Waals surface area contributed by atoms with Crippen molar-refractivity contribution in [2.75, 3.05) is 13.7 Å². The number of nitrogens with one attached hydrogen (secondary N) is 1. The monoisotopic (exact) mass is 261 g/mol. The lowest BCUT2D eigenvalue weighted by Crippen LogP contribution is -2.14. The van der Waals surface area contributed by atoms with Gasteiger partial charge in [0.2, 0.25) is 0 Å². The van der Waals surface area contributed by atoms with Gasteiger partial charge in [0.05, 0.1) is 13.7 Å². The zero-order valence-electron chi connectivity index (χ0n) is 12.2. The molecule has 0 aliphatic carbocycles. The molecule has 0 fully saturated rings. The van der Waals surface area contributed by atoms with E-state index in [2.05, 4.69) is 32.2 Å². The second kappa shape index (κ2) is 6.11. The van der Waals surface area contributed by atoms with Crippen LogP contribution in [0.4, 0.5) is 0 Å². The largest absolute Gasteiger partial charge is 0.497 e. The fourth-order valence-electron chi connectivity index (χ4n) is 2.42. The Morgan fingerprint density at radius 1 is 1.32 bits per heavy atom. The first-order valence-corrected chi connectivity index (χ1v) is 6.97. The third kappa shape index (κ3) is 2.92. The van der Waals surface area contributed by atoms with Crippen LogP contribution in [0.5, 0.6) is 5.75 Å². The van der Waals surface area contributed by atoms with Crippen LogP contribution in [0.1, 0.15) is 44.4 Å². The lowest BCUT2D eigenvalue weighted by Gasteiger charge is -2.07. The zero-order valence-corrected chi connectivity index (χ0v) is 12.2. The average Bonchev–Trinajstić information content (AvgIpc) is 2.76. The second-order valence-corrected chi connectivity index (χ2v) is 5.13. The molecule has 1 aromatic heterocycles. The third-order valence-electron chi connectivity index (χ3n) is 3.30. The Balaban J connectivity index is 2.42. The minimum Gasteiger partial charge on any atom is -0.497 e. The van der Waals surface area contributed by atoms with Crippen LogP contribution in [-0.4, -0.2) is 13.7 Å². The van der Waals surface area contributed by atoms with Crippen molar-refractivity contribution in [1.82, 2.24) is 5.32 Å². The quantitative estimate of drug-likeness (QED) is 0.796. The Morgan fingerprint density at radius 2 is 2.11 bits per heavy atom. The molecule has 0 spiro atoms. The van der Waals surface area contributed by atoms with E-state index in [0.29, 0.717) is 5.92 Å². The van der Waals surface area contributed by atoms with E-state index >= 15 is 0 Å². The third-order valence-corrected chi connectivity index (χ3v) is 3.30. The van der Waals surface area contributed by atoms with Crippen LogP contribution in [-0.2, 0) is 6.54 Å². The molecule has 0 saturated carbocycles. The number of ether oxygens (including phenoxy) is 1. The fourth-order valence-corrected chi connectivity index (χ4v) is 2.42. The Bertz CT molecular complexity index is 543. The van der Waals surface area contributed by atoms with Gasteiger partial charge in [0, 0.05) is 10.9 Å². The predicted molar refractivity (Wildman–Crippen MR) is 78.9 cm³/mol. The summed E-state index contributed by atoms with van der Waals surface area (Å²) in [6.07, 6.45) is 1.13. The number of hydrogen-bond acceptors (Lipinski definition) is 3.